The van der Waals surface area contributed by atoms with Crippen molar-refractivity contribution in [2.24, 2.45) is 5.73 Å². The van der Waals surface area contributed by atoms with E-state index in [9.17, 15) is 0 Å². The molecule has 0 amide bonds. The summed E-state index contributed by atoms with van der Waals surface area (Å²) in [4.78, 5) is 0. The van der Waals surface area contributed by atoms with Gasteiger partial charge in [-0.15, -0.1) is 10.2 Å². The summed E-state index contributed by atoms with van der Waals surface area (Å²) < 4.78 is 1.77. The van der Waals surface area contributed by atoms with Crippen LogP contribution < -0.4 is 5.73 Å². The Morgan fingerprint density at radius 2 is 2.00 bits per heavy atom. The minimum absolute atomic E-state index is 0.0414. The summed E-state index contributed by atoms with van der Waals surface area (Å²) in [5.74, 6) is 0.970. The molecule has 5 nitrogen and oxygen atoms in total. The third kappa shape index (κ3) is 1.70. The molecule has 0 aliphatic rings. The smallest absolute Gasteiger partial charge is 0.177 e. The Kier molecular flexibility index (Phi) is 2.40. The molecule has 2 rings (SSSR count). The Bertz CT molecular complexity index is 474. The fourth-order valence-corrected chi connectivity index (χ4v) is 1.42. The van der Waals surface area contributed by atoms with Gasteiger partial charge in [0.25, 0.3) is 0 Å². The van der Waals surface area contributed by atoms with Crippen LogP contribution in [-0.4, -0.2) is 25.9 Å². The first-order chi connectivity index (χ1) is 7.09. The van der Waals surface area contributed by atoms with Gasteiger partial charge in [-0.25, -0.2) is 0 Å². The van der Waals surface area contributed by atoms with Crippen molar-refractivity contribution in [2.75, 3.05) is 0 Å². The van der Waals surface area contributed by atoms with Crippen molar-refractivity contribution in [2.45, 2.75) is 32.7 Å². The van der Waals surface area contributed by atoms with Crippen molar-refractivity contribution in [3.05, 3.63) is 23.7 Å². The topological polar surface area (TPSA) is 69.1 Å². The lowest BCUT2D eigenvalue weighted by atomic mass is 10.0. The van der Waals surface area contributed by atoms with E-state index in [2.05, 4.69) is 15.3 Å². The highest BCUT2D eigenvalue weighted by molar-refractivity contribution is 5.36. The zero-order valence-electron chi connectivity index (χ0n) is 9.18. The third-order valence-corrected chi connectivity index (χ3v) is 2.62. The molecular weight excluding hydrogens is 190 g/mol. The van der Waals surface area contributed by atoms with Gasteiger partial charge in [0.15, 0.2) is 11.5 Å². The summed E-state index contributed by atoms with van der Waals surface area (Å²) in [7, 11) is 0. The van der Waals surface area contributed by atoms with E-state index in [0.29, 0.717) is 0 Å². The van der Waals surface area contributed by atoms with Crippen LogP contribution in [0.3, 0.4) is 0 Å². The summed E-state index contributed by atoms with van der Waals surface area (Å²) in [6.45, 7) is 5.94. The van der Waals surface area contributed by atoms with E-state index >= 15 is 0 Å². The van der Waals surface area contributed by atoms with Gasteiger partial charge < -0.3 is 5.73 Å². The number of hydrogen-bond acceptors (Lipinski definition) is 4. The number of nitrogens with two attached hydrogens (primary N) is 1. The summed E-state index contributed by atoms with van der Waals surface area (Å²) in [6, 6.07) is 3.87. The number of hydrogen-bond donors (Lipinski definition) is 1. The second-order valence-electron chi connectivity index (χ2n) is 3.95. The van der Waals surface area contributed by atoms with Gasteiger partial charge in [0.1, 0.15) is 0 Å². The molecular formula is C10H15N5. The van der Waals surface area contributed by atoms with Gasteiger partial charge in [-0.2, -0.15) is 9.61 Å². The van der Waals surface area contributed by atoms with Gasteiger partial charge in [0.05, 0.1) is 5.69 Å². The number of nitrogens with zero attached hydrogens (tertiary/aromatic N) is 4. The Hall–Kier alpha value is -1.49. The molecule has 0 aliphatic carbocycles. The molecule has 5 heteroatoms. The Morgan fingerprint density at radius 1 is 1.27 bits per heavy atom. The van der Waals surface area contributed by atoms with E-state index in [1.807, 2.05) is 32.9 Å². The van der Waals surface area contributed by atoms with E-state index in [0.717, 1.165) is 17.2 Å². The van der Waals surface area contributed by atoms with E-state index in [1.54, 1.807) is 4.52 Å². The number of fused-ring (bicyclic) bond motifs is 1. The van der Waals surface area contributed by atoms with E-state index in [-0.39, 0.29) is 12.0 Å². The molecule has 0 spiro atoms. The average Bonchev–Trinajstić information content (AvgIpc) is 2.59. The number of rotatable bonds is 2. The van der Waals surface area contributed by atoms with Crippen molar-refractivity contribution in [1.29, 1.82) is 0 Å². The Morgan fingerprint density at radius 3 is 2.67 bits per heavy atom. The highest BCUT2D eigenvalue weighted by Crippen LogP contribution is 2.15. The lowest BCUT2D eigenvalue weighted by molar-refractivity contribution is 0.564. The summed E-state index contributed by atoms with van der Waals surface area (Å²) in [5.41, 5.74) is 7.56. The fraction of sp³-hybridized carbons (Fsp3) is 0.500. The van der Waals surface area contributed by atoms with Gasteiger partial charge in [0.2, 0.25) is 0 Å². The van der Waals surface area contributed by atoms with Crippen molar-refractivity contribution < 1.29 is 0 Å². The molecule has 0 radical (unpaired) electrons. The first-order valence-electron chi connectivity index (χ1n) is 5.04. The minimum Gasteiger partial charge on any atom is -0.327 e. The standard InChI is InChI=1S/C10H15N5/c1-6-4-5-9-12-13-10(15(9)14-6)7(2)8(3)11/h4-5,7-8H,11H2,1-3H3. The second kappa shape index (κ2) is 3.58. The highest BCUT2D eigenvalue weighted by Gasteiger charge is 2.17. The zero-order valence-corrected chi connectivity index (χ0v) is 9.18. The van der Waals surface area contributed by atoms with Gasteiger partial charge in [-0.3, -0.25) is 0 Å². The summed E-state index contributed by atoms with van der Waals surface area (Å²) >= 11 is 0. The molecule has 2 heterocycles. The SMILES string of the molecule is Cc1ccc2nnc(C(C)C(C)N)n2n1. The van der Waals surface area contributed by atoms with Crippen molar-refractivity contribution in [3.63, 3.8) is 0 Å². The molecule has 2 N–H and O–H groups in total. The molecule has 0 saturated heterocycles. The van der Waals surface area contributed by atoms with E-state index < -0.39 is 0 Å². The third-order valence-electron chi connectivity index (χ3n) is 2.62. The molecule has 0 saturated carbocycles. The molecule has 0 aliphatic heterocycles. The van der Waals surface area contributed by atoms with Crippen LogP contribution in [0.25, 0.3) is 5.65 Å². The molecule has 0 fully saturated rings. The summed E-state index contributed by atoms with van der Waals surface area (Å²) in [5, 5.41) is 12.6. The molecule has 2 aromatic heterocycles. The van der Waals surface area contributed by atoms with Crippen LogP contribution in [-0.2, 0) is 0 Å². The van der Waals surface area contributed by atoms with Crippen molar-refractivity contribution in [1.82, 2.24) is 19.8 Å². The van der Waals surface area contributed by atoms with Crippen LogP contribution in [0.4, 0.5) is 0 Å². The first kappa shape index (κ1) is 10.0. The molecule has 2 unspecified atom stereocenters. The maximum Gasteiger partial charge on any atom is 0.177 e. The van der Waals surface area contributed by atoms with Crippen molar-refractivity contribution in [3.8, 4) is 0 Å². The van der Waals surface area contributed by atoms with E-state index in [4.69, 9.17) is 5.73 Å². The monoisotopic (exact) mass is 205 g/mol. The van der Waals surface area contributed by atoms with Gasteiger partial charge in [-0.05, 0) is 26.0 Å². The quantitative estimate of drug-likeness (QED) is 0.790. The van der Waals surface area contributed by atoms with E-state index in [1.165, 1.54) is 0 Å². The average molecular weight is 205 g/mol. The van der Waals surface area contributed by atoms with Crippen LogP contribution in [0.1, 0.15) is 31.3 Å². The number of aryl methyl sites for hydroxylation is 1. The lowest BCUT2D eigenvalue weighted by Crippen LogP contribution is -2.24. The van der Waals surface area contributed by atoms with Crippen LogP contribution in [0.15, 0.2) is 12.1 Å². The molecule has 2 atom stereocenters. The molecule has 2 aromatic rings. The van der Waals surface area contributed by atoms with Gasteiger partial charge in [0, 0.05) is 12.0 Å². The fourth-order valence-electron chi connectivity index (χ4n) is 1.42. The molecule has 80 valence electrons. The predicted molar refractivity (Wildman–Crippen MR) is 57.6 cm³/mol. The van der Waals surface area contributed by atoms with Crippen LogP contribution in [0.2, 0.25) is 0 Å². The summed E-state index contributed by atoms with van der Waals surface area (Å²) in [6.07, 6.45) is 0. The number of aromatic nitrogens is 4. The largest absolute Gasteiger partial charge is 0.327 e. The minimum atomic E-state index is 0.0414. The van der Waals surface area contributed by atoms with Gasteiger partial charge in [-0.1, -0.05) is 6.92 Å². The van der Waals surface area contributed by atoms with Crippen molar-refractivity contribution >= 4 is 5.65 Å². The molecule has 0 aromatic carbocycles. The second-order valence-corrected chi connectivity index (χ2v) is 3.95. The predicted octanol–water partition coefficient (Wildman–Crippen LogP) is 0.883. The molecule has 0 bridgehead atoms. The van der Waals surface area contributed by atoms with Crippen LogP contribution >= 0.6 is 0 Å². The maximum absolute atomic E-state index is 5.85. The van der Waals surface area contributed by atoms with Crippen LogP contribution in [0.5, 0.6) is 0 Å². The normalized spacial score (nSPS) is 15.5. The Balaban J connectivity index is 2.56. The highest BCUT2D eigenvalue weighted by atomic mass is 15.4. The Labute approximate surface area is 88.3 Å². The molecule has 15 heavy (non-hydrogen) atoms. The zero-order chi connectivity index (χ0) is 11.0. The van der Waals surface area contributed by atoms with Crippen LogP contribution in [0, 0.1) is 6.92 Å². The maximum atomic E-state index is 5.85. The first-order valence-corrected chi connectivity index (χ1v) is 5.04. The lowest BCUT2D eigenvalue weighted by Gasteiger charge is -2.12. The van der Waals surface area contributed by atoms with Gasteiger partial charge >= 0.3 is 0 Å².